The standard InChI is InChI=1S/C26H31F5N4O4/c1-14-19(16-7-8-17(27)20(28)21(16)38-6)22(39-25(14,2)26(29,30)31)23(36)33-15-9-10-32-18(13-15)24(37)35(5)12-11-34(3)4/h7-10,13-14,19,22H,11-12H2,1-6H3,(H,32,33,36)/t14-,19-,22+,25+/m0/s1. The molecule has 0 spiro atoms. The summed E-state index contributed by atoms with van der Waals surface area (Å²) in [7, 11) is 6.34. The van der Waals surface area contributed by atoms with Crippen LogP contribution < -0.4 is 10.1 Å². The molecule has 0 bridgehead atoms. The van der Waals surface area contributed by atoms with Gasteiger partial charge in [-0.25, -0.2) is 4.39 Å². The summed E-state index contributed by atoms with van der Waals surface area (Å²) in [6, 6.07) is 4.49. The zero-order valence-electron chi connectivity index (χ0n) is 22.4. The number of nitrogens with zero attached hydrogens (tertiary/aromatic N) is 3. The topological polar surface area (TPSA) is 84.0 Å². The number of hydrogen-bond donors (Lipinski definition) is 1. The summed E-state index contributed by atoms with van der Waals surface area (Å²) in [4.78, 5) is 33.5. The number of aromatic nitrogens is 1. The second-order valence-electron chi connectivity index (χ2n) is 9.89. The number of likely N-dealkylation sites (N-methyl/N-ethyl adjacent to an activating group) is 2. The fraction of sp³-hybridized carbons (Fsp3) is 0.500. The average Bonchev–Trinajstić information content (AvgIpc) is 3.15. The van der Waals surface area contributed by atoms with Crippen molar-refractivity contribution in [1.82, 2.24) is 14.8 Å². The number of methoxy groups -OCH3 is 1. The van der Waals surface area contributed by atoms with E-state index in [-0.39, 0.29) is 16.9 Å². The third-order valence-electron chi connectivity index (χ3n) is 7.05. The predicted octanol–water partition coefficient (Wildman–Crippen LogP) is 4.08. The van der Waals surface area contributed by atoms with Gasteiger partial charge in [0.05, 0.1) is 7.11 Å². The molecule has 2 heterocycles. The third kappa shape index (κ3) is 5.98. The lowest BCUT2D eigenvalue weighted by Crippen LogP contribution is -2.47. The van der Waals surface area contributed by atoms with Crippen molar-refractivity contribution in [2.24, 2.45) is 5.92 Å². The SMILES string of the molecule is COc1c([C@H]2[C@H](C(=O)Nc3ccnc(C(=O)N(C)CCN(C)C)c3)O[C@@](C)(C(F)(F)F)[C@H]2C)ccc(F)c1F. The highest BCUT2D eigenvalue weighted by atomic mass is 19.4. The molecule has 0 saturated carbocycles. The first-order valence-electron chi connectivity index (χ1n) is 12.1. The maximum absolute atomic E-state index is 14.5. The molecule has 8 nitrogen and oxygen atoms in total. The van der Waals surface area contributed by atoms with Gasteiger partial charge in [-0.1, -0.05) is 13.0 Å². The highest BCUT2D eigenvalue weighted by molar-refractivity contribution is 5.97. The molecule has 1 aliphatic heterocycles. The van der Waals surface area contributed by atoms with Crippen LogP contribution in [0.3, 0.4) is 0 Å². The number of carbonyl (C=O) groups is 2. The molecule has 1 N–H and O–H groups in total. The summed E-state index contributed by atoms with van der Waals surface area (Å²) in [5.41, 5.74) is -2.84. The van der Waals surface area contributed by atoms with Gasteiger partial charge in [0.15, 0.2) is 17.2 Å². The van der Waals surface area contributed by atoms with E-state index in [1.165, 1.54) is 30.2 Å². The van der Waals surface area contributed by atoms with Gasteiger partial charge in [-0.2, -0.15) is 17.6 Å². The first-order chi connectivity index (χ1) is 18.1. The Labute approximate surface area is 223 Å². The zero-order valence-corrected chi connectivity index (χ0v) is 22.4. The molecule has 4 atom stereocenters. The quantitative estimate of drug-likeness (QED) is 0.492. The number of ether oxygens (including phenoxy) is 2. The number of halogens is 5. The number of amides is 2. The van der Waals surface area contributed by atoms with E-state index in [9.17, 15) is 31.5 Å². The monoisotopic (exact) mass is 558 g/mol. The Morgan fingerprint density at radius 3 is 2.41 bits per heavy atom. The van der Waals surface area contributed by atoms with E-state index < -0.39 is 58.9 Å². The number of anilines is 1. The Morgan fingerprint density at radius 1 is 1.15 bits per heavy atom. The molecule has 2 amide bonds. The molecule has 1 aromatic heterocycles. The Balaban J connectivity index is 1.95. The van der Waals surface area contributed by atoms with E-state index in [1.807, 2.05) is 19.0 Å². The first-order valence-corrected chi connectivity index (χ1v) is 12.1. The average molecular weight is 559 g/mol. The largest absolute Gasteiger partial charge is 0.493 e. The molecule has 0 unspecified atom stereocenters. The van der Waals surface area contributed by atoms with Crippen molar-refractivity contribution in [3.63, 3.8) is 0 Å². The molecule has 2 aromatic rings. The maximum Gasteiger partial charge on any atom is 0.417 e. The van der Waals surface area contributed by atoms with Crippen LogP contribution in [0.15, 0.2) is 30.5 Å². The molecule has 13 heteroatoms. The van der Waals surface area contributed by atoms with Crippen molar-refractivity contribution in [3.05, 3.63) is 53.4 Å². The lowest BCUT2D eigenvalue weighted by atomic mass is 9.77. The van der Waals surface area contributed by atoms with Gasteiger partial charge in [-0.15, -0.1) is 0 Å². The molecule has 0 aliphatic carbocycles. The first kappa shape index (κ1) is 30.2. The molecule has 1 fully saturated rings. The van der Waals surface area contributed by atoms with Crippen molar-refractivity contribution in [1.29, 1.82) is 0 Å². The van der Waals surface area contributed by atoms with E-state index in [1.54, 1.807) is 7.05 Å². The van der Waals surface area contributed by atoms with E-state index in [2.05, 4.69) is 10.3 Å². The molecule has 39 heavy (non-hydrogen) atoms. The molecular formula is C26H31F5N4O4. The maximum atomic E-state index is 14.5. The van der Waals surface area contributed by atoms with Gasteiger partial charge in [-0.3, -0.25) is 14.6 Å². The van der Waals surface area contributed by atoms with Crippen molar-refractivity contribution in [2.45, 2.75) is 37.6 Å². The number of benzene rings is 1. The zero-order chi connectivity index (χ0) is 29.3. The normalized spacial score (nSPS) is 23.1. The molecule has 214 valence electrons. The Morgan fingerprint density at radius 2 is 1.82 bits per heavy atom. The lowest BCUT2D eigenvalue weighted by molar-refractivity contribution is -0.272. The van der Waals surface area contributed by atoms with Gasteiger partial charge in [0, 0.05) is 49.4 Å². The summed E-state index contributed by atoms with van der Waals surface area (Å²) in [5.74, 6) is -7.42. The van der Waals surface area contributed by atoms with E-state index in [4.69, 9.17) is 9.47 Å². The van der Waals surface area contributed by atoms with Crippen LogP contribution in [0.25, 0.3) is 0 Å². The lowest BCUT2D eigenvalue weighted by Gasteiger charge is -2.32. The molecular weight excluding hydrogens is 527 g/mol. The van der Waals surface area contributed by atoms with Crippen LogP contribution in [-0.2, 0) is 9.53 Å². The summed E-state index contributed by atoms with van der Waals surface area (Å²) in [6.07, 6.45) is -5.38. The van der Waals surface area contributed by atoms with Crippen LogP contribution in [0.4, 0.5) is 27.6 Å². The fourth-order valence-corrected chi connectivity index (χ4v) is 4.53. The molecule has 1 saturated heterocycles. The number of hydrogen-bond acceptors (Lipinski definition) is 6. The fourth-order valence-electron chi connectivity index (χ4n) is 4.53. The van der Waals surface area contributed by atoms with Crippen LogP contribution in [-0.4, -0.2) is 85.8 Å². The second-order valence-corrected chi connectivity index (χ2v) is 9.89. The predicted molar refractivity (Wildman–Crippen MR) is 133 cm³/mol. The Kier molecular flexibility index (Phi) is 8.85. The highest BCUT2D eigenvalue weighted by Crippen LogP contribution is 2.55. The molecule has 0 radical (unpaired) electrons. The molecule has 1 aromatic carbocycles. The van der Waals surface area contributed by atoms with Gasteiger partial charge >= 0.3 is 6.18 Å². The number of carbonyl (C=O) groups excluding carboxylic acids is 2. The minimum absolute atomic E-state index is 0.00807. The van der Waals surface area contributed by atoms with Crippen molar-refractivity contribution >= 4 is 17.5 Å². The van der Waals surface area contributed by atoms with Crippen LogP contribution >= 0.6 is 0 Å². The number of rotatable bonds is 8. The van der Waals surface area contributed by atoms with Gasteiger partial charge in [0.2, 0.25) is 5.82 Å². The summed E-state index contributed by atoms with van der Waals surface area (Å²) >= 11 is 0. The minimum Gasteiger partial charge on any atom is -0.493 e. The molecule has 3 rings (SSSR count). The van der Waals surface area contributed by atoms with Gasteiger partial charge in [0.1, 0.15) is 11.8 Å². The van der Waals surface area contributed by atoms with Crippen molar-refractivity contribution < 1.29 is 41.0 Å². The highest BCUT2D eigenvalue weighted by Gasteiger charge is 2.65. The number of alkyl halides is 3. The van der Waals surface area contributed by atoms with E-state index >= 15 is 0 Å². The Bertz CT molecular complexity index is 1230. The van der Waals surface area contributed by atoms with Crippen LogP contribution in [0, 0.1) is 17.6 Å². The smallest absolute Gasteiger partial charge is 0.417 e. The van der Waals surface area contributed by atoms with Gasteiger partial charge in [-0.05, 0) is 39.2 Å². The van der Waals surface area contributed by atoms with Crippen LogP contribution in [0.2, 0.25) is 0 Å². The van der Waals surface area contributed by atoms with E-state index in [0.29, 0.717) is 13.1 Å². The molecule has 1 aliphatic rings. The summed E-state index contributed by atoms with van der Waals surface area (Å²) < 4.78 is 81.1. The minimum atomic E-state index is -4.89. The van der Waals surface area contributed by atoms with Crippen LogP contribution in [0.1, 0.15) is 35.8 Å². The van der Waals surface area contributed by atoms with Crippen molar-refractivity contribution in [2.75, 3.05) is 46.7 Å². The van der Waals surface area contributed by atoms with Crippen LogP contribution in [0.5, 0.6) is 5.75 Å². The van der Waals surface area contributed by atoms with Gasteiger partial charge in [0.25, 0.3) is 11.8 Å². The summed E-state index contributed by atoms with van der Waals surface area (Å²) in [5, 5.41) is 2.48. The number of nitrogens with one attached hydrogen (secondary N) is 1. The third-order valence-corrected chi connectivity index (χ3v) is 7.05. The van der Waals surface area contributed by atoms with Gasteiger partial charge < -0.3 is 24.6 Å². The number of pyridine rings is 1. The van der Waals surface area contributed by atoms with Crippen molar-refractivity contribution in [3.8, 4) is 5.75 Å². The second kappa shape index (κ2) is 11.4. The van der Waals surface area contributed by atoms with E-state index in [0.717, 1.165) is 26.2 Å². The Hall–Kier alpha value is -3.32. The summed E-state index contributed by atoms with van der Waals surface area (Å²) in [6.45, 7) is 3.03.